The van der Waals surface area contributed by atoms with E-state index in [4.69, 9.17) is 19.9 Å². The Morgan fingerprint density at radius 3 is 2.45 bits per heavy atom. The zero-order chi connectivity index (χ0) is 14.5. The quantitative estimate of drug-likeness (QED) is 0.584. The maximum atomic E-state index is 6.07. The number of ether oxygens (including phenoxy) is 3. The van der Waals surface area contributed by atoms with Crippen LogP contribution >= 0.6 is 0 Å². The monoisotopic (exact) mass is 280 g/mol. The minimum absolute atomic E-state index is 0.645. The van der Waals surface area contributed by atoms with Crippen LogP contribution in [0.5, 0.6) is 11.5 Å². The summed E-state index contributed by atoms with van der Waals surface area (Å²) in [6, 6.07) is 3.69. The van der Waals surface area contributed by atoms with Crippen molar-refractivity contribution in [2.45, 2.75) is 12.8 Å². The van der Waals surface area contributed by atoms with Crippen molar-refractivity contribution in [1.29, 1.82) is 0 Å². The van der Waals surface area contributed by atoms with E-state index in [0.29, 0.717) is 23.8 Å². The molecule has 0 bridgehead atoms. The zero-order valence-corrected chi connectivity index (χ0v) is 12.5. The van der Waals surface area contributed by atoms with E-state index in [-0.39, 0.29) is 0 Å². The Hall–Kier alpha value is -1.62. The van der Waals surface area contributed by atoms with Crippen LogP contribution in [0.4, 0.5) is 11.4 Å². The van der Waals surface area contributed by atoms with E-state index in [0.717, 1.165) is 24.8 Å². The second kappa shape index (κ2) is 6.70. The van der Waals surface area contributed by atoms with Crippen LogP contribution in [0.25, 0.3) is 0 Å². The maximum Gasteiger partial charge on any atom is 0.162 e. The van der Waals surface area contributed by atoms with Crippen molar-refractivity contribution >= 4 is 11.4 Å². The second-order valence-electron chi connectivity index (χ2n) is 5.21. The van der Waals surface area contributed by atoms with Crippen molar-refractivity contribution < 1.29 is 14.2 Å². The normalized spacial score (nSPS) is 14.2. The van der Waals surface area contributed by atoms with Crippen molar-refractivity contribution in [1.82, 2.24) is 0 Å². The molecule has 0 atom stereocenters. The van der Waals surface area contributed by atoms with Gasteiger partial charge in [0.1, 0.15) is 0 Å². The summed E-state index contributed by atoms with van der Waals surface area (Å²) in [4.78, 5) is 2.07. The lowest BCUT2D eigenvalue weighted by Crippen LogP contribution is -2.24. The van der Waals surface area contributed by atoms with Gasteiger partial charge in [0.2, 0.25) is 0 Å². The molecule has 0 heterocycles. The molecule has 20 heavy (non-hydrogen) atoms. The molecule has 1 aromatic rings. The Balaban J connectivity index is 1.94. The molecule has 1 aliphatic rings. The Kier molecular flexibility index (Phi) is 4.95. The first-order valence-electron chi connectivity index (χ1n) is 6.96. The summed E-state index contributed by atoms with van der Waals surface area (Å²) in [5.41, 5.74) is 7.67. The van der Waals surface area contributed by atoms with Gasteiger partial charge in [-0.1, -0.05) is 0 Å². The van der Waals surface area contributed by atoms with Crippen molar-refractivity contribution in [2.24, 2.45) is 5.92 Å². The zero-order valence-electron chi connectivity index (χ0n) is 12.5. The van der Waals surface area contributed by atoms with Crippen LogP contribution in [-0.4, -0.2) is 41.0 Å². The predicted octanol–water partition coefficient (Wildman–Crippen LogP) is 2.15. The lowest BCUT2D eigenvalue weighted by molar-refractivity contribution is 0.131. The van der Waals surface area contributed by atoms with Gasteiger partial charge in [-0.25, -0.2) is 0 Å². The average molecular weight is 280 g/mol. The van der Waals surface area contributed by atoms with Crippen LogP contribution in [0.1, 0.15) is 12.8 Å². The molecule has 0 aliphatic heterocycles. The summed E-state index contributed by atoms with van der Waals surface area (Å²) in [5.74, 6) is 2.13. The first kappa shape index (κ1) is 14.8. The molecule has 1 saturated carbocycles. The van der Waals surface area contributed by atoms with E-state index in [9.17, 15) is 0 Å². The molecule has 0 amide bonds. The van der Waals surface area contributed by atoms with Gasteiger partial charge in [0.25, 0.3) is 0 Å². The Labute approximate surface area is 120 Å². The first-order valence-corrected chi connectivity index (χ1v) is 6.96. The second-order valence-corrected chi connectivity index (χ2v) is 5.21. The highest BCUT2D eigenvalue weighted by Gasteiger charge is 2.21. The molecule has 0 unspecified atom stereocenters. The van der Waals surface area contributed by atoms with Crippen LogP contribution in [-0.2, 0) is 4.74 Å². The third-order valence-electron chi connectivity index (χ3n) is 3.57. The minimum Gasteiger partial charge on any atom is -0.493 e. The lowest BCUT2D eigenvalue weighted by Gasteiger charge is -2.22. The van der Waals surface area contributed by atoms with Crippen molar-refractivity contribution in [3.63, 3.8) is 0 Å². The van der Waals surface area contributed by atoms with Crippen LogP contribution in [0.2, 0.25) is 0 Å². The van der Waals surface area contributed by atoms with Crippen LogP contribution < -0.4 is 20.1 Å². The summed E-state index contributed by atoms with van der Waals surface area (Å²) in [6.45, 7) is 2.39. The van der Waals surface area contributed by atoms with Gasteiger partial charge in [0.15, 0.2) is 11.5 Å². The van der Waals surface area contributed by atoms with E-state index in [1.807, 2.05) is 13.1 Å². The number of hydrogen-bond acceptors (Lipinski definition) is 5. The number of nitrogen functional groups attached to an aromatic ring is 1. The molecular weight excluding hydrogens is 256 g/mol. The molecule has 112 valence electrons. The third-order valence-corrected chi connectivity index (χ3v) is 3.57. The van der Waals surface area contributed by atoms with Gasteiger partial charge in [-0.15, -0.1) is 0 Å². The Morgan fingerprint density at radius 1 is 1.20 bits per heavy atom. The summed E-state index contributed by atoms with van der Waals surface area (Å²) >= 11 is 0. The Bertz CT molecular complexity index is 447. The fourth-order valence-electron chi connectivity index (χ4n) is 2.07. The molecule has 2 N–H and O–H groups in total. The van der Waals surface area contributed by atoms with Crippen LogP contribution in [0, 0.1) is 5.92 Å². The van der Waals surface area contributed by atoms with Crippen LogP contribution in [0.15, 0.2) is 12.1 Å². The van der Waals surface area contributed by atoms with Gasteiger partial charge < -0.3 is 24.8 Å². The van der Waals surface area contributed by atoms with Crippen molar-refractivity contribution in [2.75, 3.05) is 51.7 Å². The summed E-state index contributed by atoms with van der Waals surface area (Å²) in [7, 11) is 5.22. The summed E-state index contributed by atoms with van der Waals surface area (Å²) in [5, 5.41) is 0. The van der Waals surface area contributed by atoms with E-state index < -0.39 is 0 Å². The molecule has 0 radical (unpaired) electrons. The van der Waals surface area contributed by atoms with Gasteiger partial charge in [-0.3, -0.25) is 0 Å². The number of hydrogen-bond donors (Lipinski definition) is 1. The molecule has 1 fully saturated rings. The number of rotatable bonds is 8. The minimum atomic E-state index is 0.645. The van der Waals surface area contributed by atoms with Crippen molar-refractivity contribution in [3.8, 4) is 11.5 Å². The molecule has 5 nitrogen and oxygen atoms in total. The van der Waals surface area contributed by atoms with Crippen molar-refractivity contribution in [3.05, 3.63) is 12.1 Å². The number of benzene rings is 1. The van der Waals surface area contributed by atoms with Gasteiger partial charge in [0, 0.05) is 32.3 Å². The van der Waals surface area contributed by atoms with Gasteiger partial charge in [-0.05, 0) is 18.8 Å². The van der Waals surface area contributed by atoms with Crippen LogP contribution in [0.3, 0.4) is 0 Å². The topological polar surface area (TPSA) is 57.0 Å². The largest absolute Gasteiger partial charge is 0.493 e. The summed E-state index contributed by atoms with van der Waals surface area (Å²) in [6.07, 6.45) is 2.64. The first-order chi connectivity index (χ1) is 9.65. The highest BCUT2D eigenvalue weighted by Crippen LogP contribution is 2.36. The number of anilines is 2. The number of likely N-dealkylation sites (N-methyl/N-ethyl adjacent to an activating group) is 1. The highest BCUT2D eigenvalue weighted by molar-refractivity contribution is 5.72. The maximum absolute atomic E-state index is 6.07. The lowest BCUT2D eigenvalue weighted by atomic mass is 10.2. The van der Waals surface area contributed by atoms with E-state index in [1.165, 1.54) is 12.8 Å². The highest BCUT2D eigenvalue weighted by atomic mass is 16.5. The molecular formula is C15H24N2O3. The van der Waals surface area contributed by atoms with E-state index in [2.05, 4.69) is 4.90 Å². The molecule has 0 aromatic heterocycles. The molecule has 5 heteroatoms. The van der Waals surface area contributed by atoms with Gasteiger partial charge in [-0.2, -0.15) is 0 Å². The van der Waals surface area contributed by atoms with Gasteiger partial charge >= 0.3 is 0 Å². The third kappa shape index (κ3) is 3.70. The predicted molar refractivity (Wildman–Crippen MR) is 80.8 cm³/mol. The smallest absolute Gasteiger partial charge is 0.162 e. The summed E-state index contributed by atoms with van der Waals surface area (Å²) < 4.78 is 16.2. The Morgan fingerprint density at radius 2 is 1.85 bits per heavy atom. The average Bonchev–Trinajstić information content (AvgIpc) is 3.27. The fourth-order valence-corrected chi connectivity index (χ4v) is 2.07. The SMILES string of the molecule is COc1cc(N)c(N(C)CCOCC2CC2)cc1OC. The molecule has 2 rings (SSSR count). The van der Waals surface area contributed by atoms with Gasteiger partial charge in [0.05, 0.1) is 32.2 Å². The molecule has 1 aromatic carbocycles. The number of nitrogens with zero attached hydrogens (tertiary/aromatic N) is 1. The number of methoxy groups -OCH3 is 2. The standard InChI is InChI=1S/C15H24N2O3/c1-17(6-7-20-10-11-4-5-11)13-9-15(19-3)14(18-2)8-12(13)16/h8-9,11H,4-7,10,16H2,1-3H3. The van der Waals surface area contributed by atoms with E-state index >= 15 is 0 Å². The number of nitrogens with two attached hydrogens (primary N) is 1. The molecule has 1 aliphatic carbocycles. The van der Waals surface area contributed by atoms with E-state index in [1.54, 1.807) is 20.3 Å². The molecule has 0 saturated heterocycles. The fraction of sp³-hybridized carbons (Fsp3) is 0.600. The molecule has 0 spiro atoms.